The van der Waals surface area contributed by atoms with Gasteiger partial charge >= 0.3 is 0 Å². The minimum Gasteiger partial charge on any atom is -0.500 e. The minimum atomic E-state index is -2.09. The van der Waals surface area contributed by atoms with Crippen LogP contribution < -0.4 is 0 Å². The van der Waals surface area contributed by atoms with Gasteiger partial charge in [-0.25, -0.2) is 0 Å². The molecule has 0 aliphatic rings. The van der Waals surface area contributed by atoms with Crippen molar-refractivity contribution in [3.05, 3.63) is 174 Å². The number of aromatic nitrogens is 3. The number of hydrogen-bond acceptors (Lipinski definition) is 4. The van der Waals surface area contributed by atoms with E-state index in [4.69, 9.17) is 17.9 Å². The first kappa shape index (κ1) is 35.6. The van der Waals surface area contributed by atoms with E-state index in [0.29, 0.717) is 11.8 Å². The van der Waals surface area contributed by atoms with Gasteiger partial charge in [-0.05, 0) is 84.4 Å². The molecule has 297 valence electrons. The maximum atomic E-state index is 7.23. The zero-order chi connectivity index (χ0) is 42.9. The number of fused-ring (bicyclic) bond motifs is 10. The number of para-hydroxylation sites is 3. The number of aryl methyl sites for hydroxylation is 2. The Kier molecular flexibility index (Phi) is 9.31. The van der Waals surface area contributed by atoms with Crippen LogP contribution in [-0.2, 0) is 20.1 Å². The molecular weight excluding hydrogens is 915 g/mol. The van der Waals surface area contributed by atoms with Crippen molar-refractivity contribution in [2.24, 2.45) is 0 Å². The maximum Gasteiger partial charge on any atom is 0.143 e. The Hall–Kier alpha value is -6.33. The molecule has 0 amide bonds. The van der Waals surface area contributed by atoms with Gasteiger partial charge in [-0.15, -0.1) is 54.1 Å². The molecule has 11 aromatic rings. The molecule has 0 atom stereocenters. The molecule has 7 aromatic carbocycles. The van der Waals surface area contributed by atoms with Gasteiger partial charge in [-0.1, -0.05) is 105 Å². The second-order valence-corrected chi connectivity index (χ2v) is 15.8. The predicted octanol–water partition coefficient (Wildman–Crippen LogP) is 14.9. The third kappa shape index (κ3) is 6.61. The molecule has 0 fully saturated rings. The van der Waals surface area contributed by atoms with Crippen LogP contribution in [-0.4, -0.2) is 14.5 Å². The Morgan fingerprint density at radius 1 is 0.617 bits per heavy atom. The van der Waals surface area contributed by atoms with Crippen LogP contribution in [0.25, 0.3) is 94.0 Å². The van der Waals surface area contributed by atoms with Gasteiger partial charge in [0.2, 0.25) is 0 Å². The SMILES string of the molecule is Cc1cc(C(C)C)c(-n2c(-c3[c-]ccc4c3oc3c4ccc4c3ccc3c5ccccc5oc34)nc3ccccc32)c(C(C)C)c1.[2H]C([2H])([2H])c1ccc(-c2[c-]cccc2)nc1.[Ir]. The van der Waals surface area contributed by atoms with Crippen molar-refractivity contribution in [2.75, 3.05) is 0 Å². The number of pyridine rings is 1. The molecule has 0 saturated heterocycles. The van der Waals surface area contributed by atoms with E-state index >= 15 is 0 Å². The molecule has 0 aliphatic carbocycles. The van der Waals surface area contributed by atoms with Gasteiger partial charge in [0.1, 0.15) is 16.7 Å². The molecule has 0 bridgehead atoms. The molecule has 1 radical (unpaired) electrons. The number of imidazole rings is 1. The largest absolute Gasteiger partial charge is 0.500 e. The van der Waals surface area contributed by atoms with E-state index in [1.807, 2.05) is 36.4 Å². The molecule has 0 unspecified atom stereocenters. The van der Waals surface area contributed by atoms with Gasteiger partial charge in [0.25, 0.3) is 0 Å². The summed E-state index contributed by atoms with van der Waals surface area (Å²) in [4.78, 5) is 9.41. The van der Waals surface area contributed by atoms with Crippen LogP contribution >= 0.6 is 0 Å². The quantitative estimate of drug-likeness (QED) is 0.161. The second kappa shape index (κ2) is 15.7. The molecule has 5 nitrogen and oxygen atoms in total. The summed E-state index contributed by atoms with van der Waals surface area (Å²) >= 11 is 0. The molecule has 0 N–H and O–H groups in total. The third-order valence-corrected chi connectivity index (χ3v) is 11.2. The van der Waals surface area contributed by atoms with Crippen molar-refractivity contribution in [1.82, 2.24) is 14.5 Å². The monoisotopic (exact) mass is 961 g/mol. The number of hydrogen-bond donors (Lipinski definition) is 0. The van der Waals surface area contributed by atoms with Gasteiger partial charge in [-0.3, -0.25) is 4.98 Å². The van der Waals surface area contributed by atoms with Crippen LogP contribution in [0, 0.1) is 25.9 Å². The Labute approximate surface area is 367 Å². The van der Waals surface area contributed by atoms with Gasteiger partial charge in [-0.2, -0.15) is 0 Å². The van der Waals surface area contributed by atoms with E-state index in [2.05, 4.69) is 135 Å². The third-order valence-electron chi connectivity index (χ3n) is 11.2. The molecule has 11 rings (SSSR count). The molecular formula is C54H43IrN3O2-2. The average molecular weight is 961 g/mol. The Bertz CT molecular complexity index is 3440. The molecule has 0 saturated carbocycles. The fourth-order valence-electron chi connectivity index (χ4n) is 8.45. The molecule has 0 spiro atoms. The number of nitrogens with zero attached hydrogens (tertiary/aromatic N) is 3. The predicted molar refractivity (Wildman–Crippen MR) is 244 cm³/mol. The summed E-state index contributed by atoms with van der Waals surface area (Å²) in [7, 11) is 0. The van der Waals surface area contributed by atoms with E-state index in [1.165, 1.54) is 28.6 Å². The maximum absolute atomic E-state index is 7.23. The van der Waals surface area contributed by atoms with E-state index in [0.717, 1.165) is 88.3 Å². The molecule has 0 aliphatic heterocycles. The summed E-state index contributed by atoms with van der Waals surface area (Å²) in [5, 5.41) is 6.42. The number of benzene rings is 7. The normalized spacial score (nSPS) is 12.6. The summed E-state index contributed by atoms with van der Waals surface area (Å²) in [6, 6.07) is 51.4. The number of furan rings is 2. The van der Waals surface area contributed by atoms with Crippen molar-refractivity contribution in [3.8, 4) is 28.3 Å². The van der Waals surface area contributed by atoms with Crippen molar-refractivity contribution in [1.29, 1.82) is 0 Å². The first-order chi connectivity index (χ1) is 30.0. The smallest absolute Gasteiger partial charge is 0.143 e. The van der Waals surface area contributed by atoms with E-state index in [1.54, 1.807) is 18.2 Å². The van der Waals surface area contributed by atoms with E-state index < -0.39 is 6.85 Å². The summed E-state index contributed by atoms with van der Waals surface area (Å²) in [6.07, 6.45) is 1.39. The summed E-state index contributed by atoms with van der Waals surface area (Å²) in [6.45, 7) is 9.20. The zero-order valence-corrected chi connectivity index (χ0v) is 36.3. The van der Waals surface area contributed by atoms with Crippen LogP contribution in [0.2, 0.25) is 0 Å². The first-order valence-electron chi connectivity index (χ1n) is 21.6. The van der Waals surface area contributed by atoms with Crippen LogP contribution in [0.15, 0.2) is 148 Å². The molecule has 4 heterocycles. The minimum absolute atomic E-state index is 0. The topological polar surface area (TPSA) is 57.0 Å². The van der Waals surface area contributed by atoms with Crippen LogP contribution in [0.5, 0.6) is 0 Å². The Morgan fingerprint density at radius 2 is 1.27 bits per heavy atom. The van der Waals surface area contributed by atoms with Gasteiger partial charge in [0.15, 0.2) is 0 Å². The fraction of sp³-hybridized carbons (Fsp3) is 0.148. The van der Waals surface area contributed by atoms with E-state index in [-0.39, 0.29) is 25.7 Å². The van der Waals surface area contributed by atoms with Gasteiger partial charge in [0, 0.05) is 63.0 Å². The van der Waals surface area contributed by atoms with Crippen molar-refractivity contribution >= 4 is 65.7 Å². The first-order valence-corrected chi connectivity index (χ1v) is 20.1. The Morgan fingerprint density at radius 3 is 1.93 bits per heavy atom. The van der Waals surface area contributed by atoms with Crippen LogP contribution in [0.4, 0.5) is 0 Å². The van der Waals surface area contributed by atoms with Crippen molar-refractivity contribution in [3.63, 3.8) is 0 Å². The molecule has 4 aromatic heterocycles. The fourth-order valence-corrected chi connectivity index (χ4v) is 8.45. The van der Waals surface area contributed by atoms with Crippen LogP contribution in [0.1, 0.15) is 65.9 Å². The summed E-state index contributed by atoms with van der Waals surface area (Å²) in [5.74, 6) is 1.49. The molecule has 6 heteroatoms. The second-order valence-electron chi connectivity index (χ2n) is 15.8. The molecule has 60 heavy (non-hydrogen) atoms. The summed E-state index contributed by atoms with van der Waals surface area (Å²) < 4.78 is 37.4. The standard InChI is InChI=1S/C42H33N2O2.C12H10N.Ir/c1-23(2)33-21-25(5)22-34(24(3)4)38(33)44-36-15-8-7-14-35(36)43-42(44)32-13-10-12-27-29-19-20-30-31(40(29)46-41(27)32)18-17-28-26-11-6-9-16-37(26)45-39(28)30;1-10-7-8-12(13-9-10)11-5-3-2-4-6-11;/h6-12,14-24H,1-5H3;2-5,7-9H,1H3;/q2*-1;/i;1D3;. The number of rotatable bonds is 5. The van der Waals surface area contributed by atoms with Crippen molar-refractivity contribution < 1.29 is 33.1 Å². The van der Waals surface area contributed by atoms with Gasteiger partial charge < -0.3 is 18.4 Å². The van der Waals surface area contributed by atoms with Crippen LogP contribution in [0.3, 0.4) is 0 Å². The average Bonchev–Trinajstić information content (AvgIpc) is 3.98. The van der Waals surface area contributed by atoms with Gasteiger partial charge in [0.05, 0.1) is 22.4 Å². The van der Waals surface area contributed by atoms with Crippen molar-refractivity contribution in [2.45, 2.75) is 53.3 Å². The Balaban J connectivity index is 0.000000251. The summed E-state index contributed by atoms with van der Waals surface area (Å²) in [5.41, 5.74) is 13.2. The van der Waals surface area contributed by atoms with E-state index in [9.17, 15) is 0 Å². The zero-order valence-electron chi connectivity index (χ0n) is 36.9.